The van der Waals surface area contributed by atoms with Crippen LogP contribution in [0.15, 0.2) is 47.6 Å². The van der Waals surface area contributed by atoms with Crippen molar-refractivity contribution in [2.24, 2.45) is 5.16 Å². The standard InChI is InChI=1S/C19H19F2NO4/c1-12-8-9-13(2)16(10-12)25-11-14-6-4-5-7-15(14)17(18(23)24-3)22-26-19(20)21/h4-10,19H,11H2,1-3H3/b22-17+. The molecule has 0 spiro atoms. The van der Waals surface area contributed by atoms with Crippen molar-refractivity contribution >= 4 is 11.7 Å². The number of methoxy groups -OCH3 is 1. The molecular weight excluding hydrogens is 344 g/mol. The number of carbonyl (C=O) groups is 1. The number of hydrogen-bond acceptors (Lipinski definition) is 5. The molecule has 0 bridgehead atoms. The minimum absolute atomic E-state index is 0.116. The van der Waals surface area contributed by atoms with Crippen LogP contribution in [-0.2, 0) is 21.0 Å². The summed E-state index contributed by atoms with van der Waals surface area (Å²) >= 11 is 0. The summed E-state index contributed by atoms with van der Waals surface area (Å²) in [5.41, 5.74) is 2.52. The Bertz CT molecular complexity index is 806. The molecule has 0 aromatic heterocycles. The van der Waals surface area contributed by atoms with Crippen LogP contribution in [-0.4, -0.2) is 25.4 Å². The van der Waals surface area contributed by atoms with Gasteiger partial charge in [0.15, 0.2) is 5.71 Å². The topological polar surface area (TPSA) is 57.1 Å². The summed E-state index contributed by atoms with van der Waals surface area (Å²) in [4.78, 5) is 15.9. The molecule has 2 rings (SSSR count). The smallest absolute Gasteiger partial charge is 0.407 e. The highest BCUT2D eigenvalue weighted by Gasteiger charge is 2.20. The fraction of sp³-hybridized carbons (Fsp3) is 0.263. The van der Waals surface area contributed by atoms with Gasteiger partial charge in [-0.2, -0.15) is 8.78 Å². The highest BCUT2D eigenvalue weighted by molar-refractivity contribution is 6.43. The van der Waals surface area contributed by atoms with Crippen LogP contribution in [0.2, 0.25) is 0 Å². The quantitative estimate of drug-likeness (QED) is 0.424. The van der Waals surface area contributed by atoms with Crippen molar-refractivity contribution < 1.29 is 27.9 Å². The largest absolute Gasteiger partial charge is 0.489 e. The molecule has 2 aromatic carbocycles. The van der Waals surface area contributed by atoms with E-state index in [1.165, 1.54) is 0 Å². The molecule has 0 atom stereocenters. The van der Waals surface area contributed by atoms with Crippen LogP contribution in [0, 0.1) is 13.8 Å². The van der Waals surface area contributed by atoms with E-state index in [9.17, 15) is 13.6 Å². The zero-order valence-electron chi connectivity index (χ0n) is 14.7. The lowest BCUT2D eigenvalue weighted by molar-refractivity contribution is -0.136. The van der Waals surface area contributed by atoms with Crippen LogP contribution in [0.3, 0.4) is 0 Å². The van der Waals surface area contributed by atoms with Crippen LogP contribution in [0.25, 0.3) is 0 Å². The van der Waals surface area contributed by atoms with Gasteiger partial charge in [0, 0.05) is 5.56 Å². The highest BCUT2D eigenvalue weighted by atomic mass is 19.3. The van der Waals surface area contributed by atoms with Gasteiger partial charge in [-0.25, -0.2) is 4.79 Å². The van der Waals surface area contributed by atoms with E-state index in [1.807, 2.05) is 32.0 Å². The van der Waals surface area contributed by atoms with Gasteiger partial charge in [0.1, 0.15) is 12.4 Å². The molecule has 26 heavy (non-hydrogen) atoms. The first-order valence-electron chi connectivity index (χ1n) is 7.81. The summed E-state index contributed by atoms with van der Waals surface area (Å²) in [6.45, 7) is 0.834. The summed E-state index contributed by atoms with van der Waals surface area (Å²) in [6.07, 6.45) is 0. The number of oxime groups is 1. The third-order valence-electron chi connectivity index (χ3n) is 3.60. The molecule has 138 valence electrons. The Morgan fingerprint density at radius 1 is 1.15 bits per heavy atom. The van der Waals surface area contributed by atoms with Gasteiger partial charge in [-0.1, -0.05) is 41.6 Å². The molecular formula is C19H19F2NO4. The number of hydrogen-bond donors (Lipinski definition) is 0. The number of alkyl halides is 2. The van der Waals surface area contributed by atoms with Crippen molar-refractivity contribution in [2.45, 2.75) is 27.1 Å². The maximum atomic E-state index is 12.3. The molecule has 0 aliphatic rings. The van der Waals surface area contributed by atoms with Gasteiger partial charge in [-0.05, 0) is 36.6 Å². The summed E-state index contributed by atoms with van der Waals surface area (Å²) in [6, 6.07) is 12.5. The Kier molecular flexibility index (Phi) is 6.66. The number of halogens is 2. The number of nitrogens with zero attached hydrogens (tertiary/aromatic N) is 1. The monoisotopic (exact) mass is 363 g/mol. The Morgan fingerprint density at radius 2 is 1.88 bits per heavy atom. The van der Waals surface area contributed by atoms with E-state index in [2.05, 4.69) is 14.7 Å². The summed E-state index contributed by atoms with van der Waals surface area (Å²) < 4.78 is 35.1. The van der Waals surface area contributed by atoms with Crippen LogP contribution >= 0.6 is 0 Å². The van der Waals surface area contributed by atoms with Crippen molar-refractivity contribution in [2.75, 3.05) is 7.11 Å². The van der Waals surface area contributed by atoms with Crippen LogP contribution in [0.1, 0.15) is 22.3 Å². The number of benzene rings is 2. The molecule has 0 aliphatic heterocycles. The predicted molar refractivity (Wildman–Crippen MR) is 92.3 cm³/mol. The molecule has 0 radical (unpaired) electrons. The normalized spacial score (nSPS) is 11.4. The van der Waals surface area contributed by atoms with Crippen LogP contribution in [0.5, 0.6) is 5.75 Å². The lowest BCUT2D eigenvalue weighted by atomic mass is 10.0. The summed E-state index contributed by atoms with van der Waals surface area (Å²) in [7, 11) is 1.13. The lowest BCUT2D eigenvalue weighted by Gasteiger charge is -2.13. The number of aryl methyl sites for hydroxylation is 2. The first-order chi connectivity index (χ1) is 12.4. The molecule has 0 saturated carbocycles. The summed E-state index contributed by atoms with van der Waals surface area (Å²) in [5.74, 6) is -0.190. The molecule has 0 N–H and O–H groups in total. The highest BCUT2D eigenvalue weighted by Crippen LogP contribution is 2.22. The zero-order valence-corrected chi connectivity index (χ0v) is 14.7. The van der Waals surface area contributed by atoms with Crippen molar-refractivity contribution in [1.29, 1.82) is 0 Å². The van der Waals surface area contributed by atoms with E-state index in [1.54, 1.807) is 24.3 Å². The number of ether oxygens (including phenoxy) is 2. The van der Waals surface area contributed by atoms with Crippen LogP contribution < -0.4 is 4.74 Å². The van der Waals surface area contributed by atoms with Crippen molar-refractivity contribution in [3.8, 4) is 5.75 Å². The molecule has 5 nitrogen and oxygen atoms in total. The Hall–Kier alpha value is -2.96. The Labute approximate surface area is 150 Å². The molecule has 7 heteroatoms. The molecule has 0 saturated heterocycles. The molecule has 2 aromatic rings. The van der Waals surface area contributed by atoms with E-state index in [4.69, 9.17) is 4.74 Å². The first-order valence-corrected chi connectivity index (χ1v) is 7.81. The molecule has 0 fully saturated rings. The van der Waals surface area contributed by atoms with Gasteiger partial charge in [0.2, 0.25) is 0 Å². The van der Waals surface area contributed by atoms with Crippen molar-refractivity contribution in [3.05, 3.63) is 64.7 Å². The van der Waals surface area contributed by atoms with E-state index in [-0.39, 0.29) is 12.3 Å². The third-order valence-corrected chi connectivity index (χ3v) is 3.60. The van der Waals surface area contributed by atoms with Crippen LogP contribution in [0.4, 0.5) is 8.78 Å². The van der Waals surface area contributed by atoms with E-state index in [0.29, 0.717) is 16.9 Å². The zero-order chi connectivity index (χ0) is 19.1. The average Bonchev–Trinajstić information content (AvgIpc) is 2.63. The van der Waals surface area contributed by atoms with Crippen molar-refractivity contribution in [3.63, 3.8) is 0 Å². The van der Waals surface area contributed by atoms with Gasteiger partial charge in [-0.15, -0.1) is 0 Å². The first kappa shape index (κ1) is 19.4. The second-order valence-corrected chi connectivity index (χ2v) is 5.51. The third kappa shape index (κ3) is 5.02. The second-order valence-electron chi connectivity index (χ2n) is 5.51. The fourth-order valence-corrected chi connectivity index (χ4v) is 2.28. The Morgan fingerprint density at radius 3 is 2.58 bits per heavy atom. The summed E-state index contributed by atoms with van der Waals surface area (Å²) in [5, 5.41) is 3.25. The Balaban J connectivity index is 2.31. The lowest BCUT2D eigenvalue weighted by Crippen LogP contribution is -2.20. The predicted octanol–water partition coefficient (Wildman–Crippen LogP) is 4.00. The number of carbonyl (C=O) groups excluding carboxylic acids is 1. The molecule has 0 amide bonds. The van der Waals surface area contributed by atoms with Gasteiger partial charge in [0.05, 0.1) is 7.11 Å². The van der Waals surface area contributed by atoms with Gasteiger partial charge in [-0.3, -0.25) is 0 Å². The second kappa shape index (κ2) is 8.94. The SMILES string of the molecule is COC(=O)/C(=N/OC(F)F)c1ccccc1COc1cc(C)ccc1C. The van der Waals surface area contributed by atoms with Gasteiger partial charge < -0.3 is 14.3 Å². The van der Waals surface area contributed by atoms with Gasteiger partial charge >= 0.3 is 12.6 Å². The maximum absolute atomic E-state index is 12.3. The van der Waals surface area contributed by atoms with Gasteiger partial charge in [0.25, 0.3) is 0 Å². The van der Waals surface area contributed by atoms with Crippen molar-refractivity contribution in [1.82, 2.24) is 0 Å². The minimum atomic E-state index is -3.15. The fourth-order valence-electron chi connectivity index (χ4n) is 2.28. The average molecular weight is 363 g/mol. The number of rotatable bonds is 7. The minimum Gasteiger partial charge on any atom is -0.489 e. The van der Waals surface area contributed by atoms with E-state index >= 15 is 0 Å². The molecule has 0 aliphatic carbocycles. The van der Waals surface area contributed by atoms with E-state index < -0.39 is 12.6 Å². The molecule has 0 heterocycles. The molecule has 0 unspecified atom stereocenters. The maximum Gasteiger partial charge on any atom is 0.407 e. The number of esters is 1. The van der Waals surface area contributed by atoms with E-state index in [0.717, 1.165) is 18.2 Å².